The Kier molecular flexibility index (Phi) is 4.51. The second-order valence-electron chi connectivity index (χ2n) is 4.04. The number of nitrogens with two attached hydrogens (primary N) is 1. The molecule has 0 aromatic heterocycles. The van der Waals surface area contributed by atoms with Gasteiger partial charge in [-0.2, -0.15) is 12.7 Å². The SMILES string of the molecule is CCN(CC)S(=O)(=O)NCC1CC(N)C1. The Morgan fingerprint density at radius 3 is 2.27 bits per heavy atom. The third kappa shape index (κ3) is 3.41. The van der Waals surface area contributed by atoms with Gasteiger partial charge in [0, 0.05) is 25.7 Å². The molecule has 0 radical (unpaired) electrons. The van der Waals surface area contributed by atoms with Crippen molar-refractivity contribution in [2.75, 3.05) is 19.6 Å². The minimum Gasteiger partial charge on any atom is -0.328 e. The molecule has 15 heavy (non-hydrogen) atoms. The fourth-order valence-electron chi connectivity index (χ4n) is 1.83. The fourth-order valence-corrected chi connectivity index (χ4v) is 3.14. The molecule has 1 saturated carbocycles. The normalized spacial score (nSPS) is 26.7. The van der Waals surface area contributed by atoms with Crippen LogP contribution in [-0.4, -0.2) is 38.4 Å². The molecule has 1 fully saturated rings. The van der Waals surface area contributed by atoms with Gasteiger partial charge in [-0.05, 0) is 18.8 Å². The molecule has 0 aromatic carbocycles. The quantitative estimate of drug-likeness (QED) is 0.675. The standard InChI is InChI=1S/C9H21N3O2S/c1-3-12(4-2)15(13,14)11-7-8-5-9(10)6-8/h8-9,11H,3-7,10H2,1-2H3. The highest BCUT2D eigenvalue weighted by molar-refractivity contribution is 7.87. The van der Waals surface area contributed by atoms with Crippen LogP contribution in [0.2, 0.25) is 0 Å². The number of nitrogens with one attached hydrogen (secondary N) is 1. The van der Waals surface area contributed by atoms with E-state index in [0.29, 0.717) is 25.6 Å². The van der Waals surface area contributed by atoms with Gasteiger partial charge < -0.3 is 5.73 Å². The first-order valence-electron chi connectivity index (χ1n) is 5.49. The topological polar surface area (TPSA) is 75.4 Å². The number of nitrogens with zero attached hydrogens (tertiary/aromatic N) is 1. The summed E-state index contributed by atoms with van der Waals surface area (Å²) in [5.41, 5.74) is 5.63. The van der Waals surface area contributed by atoms with Crippen LogP contribution < -0.4 is 10.5 Å². The van der Waals surface area contributed by atoms with Crippen LogP contribution in [0.15, 0.2) is 0 Å². The largest absolute Gasteiger partial charge is 0.328 e. The van der Waals surface area contributed by atoms with Crippen molar-refractivity contribution in [3.8, 4) is 0 Å². The van der Waals surface area contributed by atoms with E-state index in [1.165, 1.54) is 4.31 Å². The molecule has 1 rings (SSSR count). The maximum atomic E-state index is 11.7. The van der Waals surface area contributed by atoms with Crippen LogP contribution in [0, 0.1) is 5.92 Å². The second kappa shape index (κ2) is 5.25. The molecular weight excluding hydrogens is 214 g/mol. The molecule has 0 heterocycles. The highest BCUT2D eigenvalue weighted by Gasteiger charge is 2.28. The van der Waals surface area contributed by atoms with E-state index in [1.807, 2.05) is 13.8 Å². The molecule has 0 unspecified atom stereocenters. The summed E-state index contributed by atoms with van der Waals surface area (Å²) in [5.74, 6) is 0.422. The van der Waals surface area contributed by atoms with Gasteiger partial charge in [0.25, 0.3) is 10.2 Å². The Labute approximate surface area is 92.2 Å². The lowest BCUT2D eigenvalue weighted by molar-refractivity contribution is 0.265. The van der Waals surface area contributed by atoms with Gasteiger partial charge in [0.1, 0.15) is 0 Å². The maximum absolute atomic E-state index is 11.7. The number of hydrogen-bond donors (Lipinski definition) is 2. The van der Waals surface area contributed by atoms with Crippen LogP contribution in [0.3, 0.4) is 0 Å². The summed E-state index contributed by atoms with van der Waals surface area (Å²) >= 11 is 0. The first-order chi connectivity index (χ1) is 6.99. The van der Waals surface area contributed by atoms with Gasteiger partial charge in [-0.1, -0.05) is 13.8 Å². The van der Waals surface area contributed by atoms with Crippen LogP contribution in [0.1, 0.15) is 26.7 Å². The summed E-state index contributed by atoms with van der Waals surface area (Å²) in [7, 11) is -3.27. The van der Waals surface area contributed by atoms with E-state index >= 15 is 0 Å². The predicted octanol–water partition coefficient (Wildman–Crippen LogP) is -0.100. The first kappa shape index (κ1) is 12.9. The second-order valence-corrected chi connectivity index (χ2v) is 5.79. The van der Waals surface area contributed by atoms with E-state index < -0.39 is 10.2 Å². The Bertz CT molecular complexity index is 282. The van der Waals surface area contributed by atoms with E-state index in [2.05, 4.69) is 4.72 Å². The van der Waals surface area contributed by atoms with Crippen molar-refractivity contribution in [2.24, 2.45) is 11.7 Å². The Balaban J connectivity index is 2.36. The smallest absolute Gasteiger partial charge is 0.279 e. The molecule has 0 spiro atoms. The van der Waals surface area contributed by atoms with Crippen molar-refractivity contribution in [3.05, 3.63) is 0 Å². The summed E-state index contributed by atoms with van der Waals surface area (Å²) in [6, 6.07) is 0.271. The maximum Gasteiger partial charge on any atom is 0.279 e. The van der Waals surface area contributed by atoms with Gasteiger partial charge in [-0.15, -0.1) is 0 Å². The Hall–Kier alpha value is -0.170. The number of rotatable bonds is 6. The fraction of sp³-hybridized carbons (Fsp3) is 1.00. The van der Waals surface area contributed by atoms with Crippen LogP contribution in [-0.2, 0) is 10.2 Å². The third-order valence-corrected chi connectivity index (χ3v) is 4.60. The van der Waals surface area contributed by atoms with E-state index in [1.54, 1.807) is 0 Å². The minimum absolute atomic E-state index is 0.271. The van der Waals surface area contributed by atoms with E-state index in [9.17, 15) is 8.42 Å². The molecule has 6 heteroatoms. The lowest BCUT2D eigenvalue weighted by atomic mass is 9.81. The molecule has 1 aliphatic carbocycles. The molecule has 0 amide bonds. The summed E-state index contributed by atoms with van der Waals surface area (Å²) in [6.45, 7) is 5.21. The Morgan fingerprint density at radius 2 is 1.87 bits per heavy atom. The van der Waals surface area contributed by atoms with Crippen LogP contribution >= 0.6 is 0 Å². The molecule has 0 atom stereocenters. The highest BCUT2D eigenvalue weighted by Crippen LogP contribution is 2.24. The van der Waals surface area contributed by atoms with Gasteiger partial charge in [0.2, 0.25) is 0 Å². The molecule has 0 aromatic rings. The molecule has 1 aliphatic rings. The molecule has 3 N–H and O–H groups in total. The van der Waals surface area contributed by atoms with E-state index in [0.717, 1.165) is 12.8 Å². The molecule has 90 valence electrons. The lowest BCUT2D eigenvalue weighted by Crippen LogP contribution is -2.46. The highest BCUT2D eigenvalue weighted by atomic mass is 32.2. The van der Waals surface area contributed by atoms with Crippen molar-refractivity contribution >= 4 is 10.2 Å². The number of hydrogen-bond acceptors (Lipinski definition) is 3. The van der Waals surface area contributed by atoms with Crippen molar-refractivity contribution in [1.82, 2.24) is 9.03 Å². The molecule has 0 saturated heterocycles. The Morgan fingerprint density at radius 1 is 1.33 bits per heavy atom. The van der Waals surface area contributed by atoms with Crippen molar-refractivity contribution in [3.63, 3.8) is 0 Å². The first-order valence-corrected chi connectivity index (χ1v) is 6.93. The average Bonchev–Trinajstić information content (AvgIpc) is 2.12. The van der Waals surface area contributed by atoms with Crippen molar-refractivity contribution < 1.29 is 8.42 Å². The zero-order chi connectivity index (χ0) is 11.5. The van der Waals surface area contributed by atoms with Gasteiger partial charge in [-0.3, -0.25) is 0 Å². The summed E-state index contributed by atoms with van der Waals surface area (Å²) in [5, 5.41) is 0. The summed E-state index contributed by atoms with van der Waals surface area (Å²) in [6.07, 6.45) is 1.86. The van der Waals surface area contributed by atoms with Crippen molar-refractivity contribution in [1.29, 1.82) is 0 Å². The summed E-state index contributed by atoms with van der Waals surface area (Å²) < 4.78 is 27.5. The lowest BCUT2D eigenvalue weighted by Gasteiger charge is -2.33. The van der Waals surface area contributed by atoms with Gasteiger partial charge in [0.15, 0.2) is 0 Å². The van der Waals surface area contributed by atoms with Crippen molar-refractivity contribution in [2.45, 2.75) is 32.7 Å². The summed E-state index contributed by atoms with van der Waals surface area (Å²) in [4.78, 5) is 0. The third-order valence-electron chi connectivity index (χ3n) is 2.87. The zero-order valence-corrected chi connectivity index (χ0v) is 10.3. The van der Waals surface area contributed by atoms with Gasteiger partial charge in [0.05, 0.1) is 0 Å². The average molecular weight is 235 g/mol. The molecule has 0 aliphatic heterocycles. The van der Waals surface area contributed by atoms with E-state index in [4.69, 9.17) is 5.73 Å². The van der Waals surface area contributed by atoms with Crippen LogP contribution in [0.4, 0.5) is 0 Å². The zero-order valence-electron chi connectivity index (χ0n) is 9.44. The van der Waals surface area contributed by atoms with Gasteiger partial charge >= 0.3 is 0 Å². The van der Waals surface area contributed by atoms with Gasteiger partial charge in [-0.25, -0.2) is 4.72 Å². The minimum atomic E-state index is -3.27. The monoisotopic (exact) mass is 235 g/mol. The van der Waals surface area contributed by atoms with Crippen LogP contribution in [0.5, 0.6) is 0 Å². The van der Waals surface area contributed by atoms with Crippen LogP contribution in [0.25, 0.3) is 0 Å². The molecule has 5 nitrogen and oxygen atoms in total. The predicted molar refractivity (Wildman–Crippen MR) is 60.5 cm³/mol. The van der Waals surface area contributed by atoms with E-state index in [-0.39, 0.29) is 6.04 Å². The molecular formula is C9H21N3O2S. The molecule has 0 bridgehead atoms.